The summed E-state index contributed by atoms with van der Waals surface area (Å²) in [6.45, 7) is 1.36. The Balaban J connectivity index is 0.00000280. The smallest absolute Gasteiger partial charge is 0.129 e. The minimum atomic E-state index is -0.276. The number of hydrogen-bond acceptors (Lipinski definition) is 3. The highest BCUT2D eigenvalue weighted by Gasteiger charge is 2.08. The third kappa shape index (κ3) is 5.86. The van der Waals surface area contributed by atoms with Crippen LogP contribution in [0.15, 0.2) is 66.7 Å². The summed E-state index contributed by atoms with van der Waals surface area (Å²) >= 11 is 6.14. The van der Waals surface area contributed by atoms with E-state index in [1.807, 2.05) is 36.4 Å². The van der Waals surface area contributed by atoms with Crippen molar-refractivity contribution in [3.05, 3.63) is 94.3 Å². The highest BCUT2D eigenvalue weighted by atomic mass is 35.5. The molecule has 0 aliphatic rings. The van der Waals surface area contributed by atoms with Crippen molar-refractivity contribution in [2.24, 2.45) is 0 Å². The van der Waals surface area contributed by atoms with Gasteiger partial charge in [-0.2, -0.15) is 0 Å². The highest BCUT2D eigenvalue weighted by Crippen LogP contribution is 2.25. The summed E-state index contributed by atoms with van der Waals surface area (Å²) in [7, 11) is 1.66. The zero-order valence-electron chi connectivity index (χ0n) is 15.5. The van der Waals surface area contributed by atoms with Crippen LogP contribution < -0.4 is 14.8 Å². The Morgan fingerprint density at radius 2 is 1.54 bits per heavy atom. The summed E-state index contributed by atoms with van der Waals surface area (Å²) in [5, 5.41) is 4.00. The summed E-state index contributed by atoms with van der Waals surface area (Å²) in [6, 6.07) is 19.9. The lowest BCUT2D eigenvalue weighted by molar-refractivity contribution is 0.296. The average molecular weight is 422 g/mol. The molecule has 148 valence electrons. The quantitative estimate of drug-likeness (QED) is 0.499. The Bertz CT molecular complexity index is 905. The van der Waals surface area contributed by atoms with E-state index < -0.39 is 0 Å². The van der Waals surface area contributed by atoms with Gasteiger partial charge in [0, 0.05) is 34.8 Å². The second kappa shape index (κ2) is 10.9. The minimum absolute atomic E-state index is 0. The molecule has 0 saturated carbocycles. The van der Waals surface area contributed by atoms with E-state index in [0.29, 0.717) is 29.4 Å². The van der Waals surface area contributed by atoms with Crippen molar-refractivity contribution in [1.82, 2.24) is 5.32 Å². The van der Waals surface area contributed by atoms with Gasteiger partial charge >= 0.3 is 0 Å². The number of benzene rings is 3. The fourth-order valence-electron chi connectivity index (χ4n) is 2.78. The predicted octanol–water partition coefficient (Wildman–Crippen LogP) is 5.78. The maximum Gasteiger partial charge on any atom is 0.129 e. The Morgan fingerprint density at radius 3 is 2.29 bits per heavy atom. The molecule has 0 aromatic heterocycles. The van der Waals surface area contributed by atoms with Crippen LogP contribution in [0.3, 0.4) is 0 Å². The van der Waals surface area contributed by atoms with Crippen LogP contribution in [0.25, 0.3) is 0 Å². The summed E-state index contributed by atoms with van der Waals surface area (Å²) in [5.41, 5.74) is 2.49. The Labute approximate surface area is 175 Å². The van der Waals surface area contributed by atoms with Gasteiger partial charge in [-0.3, -0.25) is 0 Å². The molecule has 3 aromatic rings. The molecule has 0 heterocycles. The first-order chi connectivity index (χ1) is 13.2. The summed E-state index contributed by atoms with van der Waals surface area (Å²) < 4.78 is 25.0. The SMILES string of the molecule is COc1ccccc1CNCc1cc(Cl)ccc1OCc1ccccc1F.Cl. The van der Waals surface area contributed by atoms with Gasteiger partial charge in [0.25, 0.3) is 0 Å². The molecule has 0 amide bonds. The molecule has 0 aliphatic carbocycles. The van der Waals surface area contributed by atoms with Gasteiger partial charge in [0.05, 0.1) is 7.11 Å². The summed E-state index contributed by atoms with van der Waals surface area (Å²) in [4.78, 5) is 0. The van der Waals surface area contributed by atoms with Gasteiger partial charge in [-0.15, -0.1) is 12.4 Å². The van der Waals surface area contributed by atoms with E-state index in [9.17, 15) is 4.39 Å². The predicted molar refractivity (Wildman–Crippen MR) is 113 cm³/mol. The average Bonchev–Trinajstić information content (AvgIpc) is 2.69. The summed E-state index contributed by atoms with van der Waals surface area (Å²) in [6.07, 6.45) is 0. The standard InChI is InChI=1S/C22H21ClFNO2.ClH/c1-26-21-9-5-3-6-16(21)13-25-14-18-12-19(23)10-11-22(18)27-15-17-7-2-4-8-20(17)24;/h2-12,25H,13-15H2,1H3;1H. The highest BCUT2D eigenvalue weighted by molar-refractivity contribution is 6.30. The lowest BCUT2D eigenvalue weighted by Gasteiger charge is -2.14. The molecular formula is C22H22Cl2FNO2. The Morgan fingerprint density at radius 1 is 0.857 bits per heavy atom. The molecule has 0 aliphatic heterocycles. The zero-order valence-corrected chi connectivity index (χ0v) is 17.0. The molecular weight excluding hydrogens is 400 g/mol. The molecule has 0 fully saturated rings. The minimum Gasteiger partial charge on any atom is -0.496 e. The molecule has 28 heavy (non-hydrogen) atoms. The largest absolute Gasteiger partial charge is 0.496 e. The van der Waals surface area contributed by atoms with Gasteiger partial charge in [-0.25, -0.2) is 4.39 Å². The maximum atomic E-state index is 13.8. The first kappa shape index (κ1) is 22.0. The number of halogens is 3. The number of rotatable bonds is 8. The van der Waals surface area contributed by atoms with E-state index in [4.69, 9.17) is 21.1 Å². The lowest BCUT2D eigenvalue weighted by Crippen LogP contribution is -2.14. The second-order valence-electron chi connectivity index (χ2n) is 6.05. The normalized spacial score (nSPS) is 10.2. The molecule has 0 spiro atoms. The first-order valence-corrected chi connectivity index (χ1v) is 9.02. The van der Waals surface area contributed by atoms with E-state index in [1.54, 1.807) is 31.4 Å². The maximum absolute atomic E-state index is 13.8. The molecule has 3 rings (SSSR count). The van der Waals surface area contributed by atoms with Gasteiger partial charge < -0.3 is 14.8 Å². The first-order valence-electron chi connectivity index (χ1n) is 8.64. The van der Waals surface area contributed by atoms with Crippen molar-refractivity contribution in [3.63, 3.8) is 0 Å². The van der Waals surface area contributed by atoms with Crippen molar-refractivity contribution in [2.75, 3.05) is 7.11 Å². The molecule has 0 radical (unpaired) electrons. The lowest BCUT2D eigenvalue weighted by atomic mass is 10.1. The van der Waals surface area contributed by atoms with Gasteiger partial charge in [0.2, 0.25) is 0 Å². The van der Waals surface area contributed by atoms with Crippen LogP contribution in [0, 0.1) is 5.82 Å². The van der Waals surface area contributed by atoms with Crippen molar-refractivity contribution in [3.8, 4) is 11.5 Å². The molecule has 3 aromatic carbocycles. The third-order valence-electron chi connectivity index (χ3n) is 4.19. The van der Waals surface area contributed by atoms with Crippen LogP contribution in [0.5, 0.6) is 11.5 Å². The third-order valence-corrected chi connectivity index (χ3v) is 4.42. The molecule has 6 heteroatoms. The molecule has 0 unspecified atom stereocenters. The number of hydrogen-bond donors (Lipinski definition) is 1. The van der Waals surface area contributed by atoms with E-state index in [0.717, 1.165) is 16.9 Å². The van der Waals surface area contributed by atoms with E-state index in [-0.39, 0.29) is 24.8 Å². The fourth-order valence-corrected chi connectivity index (χ4v) is 2.97. The van der Waals surface area contributed by atoms with Gasteiger partial charge in [0.1, 0.15) is 23.9 Å². The van der Waals surface area contributed by atoms with Crippen molar-refractivity contribution < 1.29 is 13.9 Å². The van der Waals surface area contributed by atoms with Gasteiger partial charge in [-0.1, -0.05) is 48.0 Å². The molecule has 0 atom stereocenters. The van der Waals surface area contributed by atoms with Crippen molar-refractivity contribution in [1.29, 1.82) is 0 Å². The topological polar surface area (TPSA) is 30.5 Å². The van der Waals surface area contributed by atoms with E-state index in [2.05, 4.69) is 5.32 Å². The monoisotopic (exact) mass is 421 g/mol. The zero-order chi connectivity index (χ0) is 19.1. The molecule has 0 saturated heterocycles. The number of ether oxygens (including phenoxy) is 2. The summed E-state index contributed by atoms with van der Waals surface area (Å²) in [5.74, 6) is 1.24. The van der Waals surface area contributed by atoms with Crippen molar-refractivity contribution in [2.45, 2.75) is 19.7 Å². The fraction of sp³-hybridized carbons (Fsp3) is 0.182. The van der Waals surface area contributed by atoms with Gasteiger partial charge in [0.15, 0.2) is 0 Å². The van der Waals surface area contributed by atoms with Crippen LogP contribution in [-0.4, -0.2) is 7.11 Å². The number of nitrogens with one attached hydrogen (secondary N) is 1. The number of methoxy groups -OCH3 is 1. The molecule has 3 nitrogen and oxygen atoms in total. The van der Waals surface area contributed by atoms with E-state index >= 15 is 0 Å². The number of para-hydroxylation sites is 1. The Kier molecular flexibility index (Phi) is 8.58. The van der Waals surface area contributed by atoms with Crippen LogP contribution in [0.2, 0.25) is 5.02 Å². The van der Waals surface area contributed by atoms with Crippen molar-refractivity contribution >= 4 is 24.0 Å². The van der Waals surface area contributed by atoms with Gasteiger partial charge in [-0.05, 0) is 30.3 Å². The molecule has 1 N–H and O–H groups in total. The van der Waals surface area contributed by atoms with Crippen LogP contribution in [0.1, 0.15) is 16.7 Å². The van der Waals surface area contributed by atoms with Crippen LogP contribution >= 0.6 is 24.0 Å². The molecule has 0 bridgehead atoms. The second-order valence-corrected chi connectivity index (χ2v) is 6.48. The van der Waals surface area contributed by atoms with Crippen LogP contribution in [-0.2, 0) is 19.7 Å². The Hall–Kier alpha value is -2.27. The van der Waals surface area contributed by atoms with E-state index in [1.165, 1.54) is 6.07 Å². The van der Waals surface area contributed by atoms with Crippen LogP contribution in [0.4, 0.5) is 4.39 Å².